The highest BCUT2D eigenvalue weighted by molar-refractivity contribution is 6.30. The van der Waals surface area contributed by atoms with Gasteiger partial charge in [0.25, 0.3) is 5.95 Å². The Kier molecular flexibility index (Phi) is 7.33. The predicted octanol–water partition coefficient (Wildman–Crippen LogP) is 4.81. The van der Waals surface area contributed by atoms with Crippen LogP contribution < -0.4 is 26.5 Å². The molecule has 172 valence electrons. The highest BCUT2D eigenvalue weighted by Gasteiger charge is 2.18. The van der Waals surface area contributed by atoms with Crippen molar-refractivity contribution in [2.24, 2.45) is 0 Å². The van der Waals surface area contributed by atoms with Crippen LogP contribution in [0.3, 0.4) is 0 Å². The molecule has 0 spiro atoms. The third-order valence-corrected chi connectivity index (χ3v) is 4.82. The standard InChI is InChI=1S/C23H21ClN8O2/c24-17-9-7-8-16(14-17)15-25-20-26-21(28-22(27-20)31-34)29-30-23(33)32(18-10-3-1-4-11-18)19-12-5-2-6-13-19/h1-14,34H,15H2,(H,30,33)(H3,25,26,27,28,29,31). The van der Waals surface area contributed by atoms with E-state index in [0.29, 0.717) is 22.9 Å². The number of urea groups is 1. The molecule has 4 aromatic rings. The maximum atomic E-state index is 13.1. The molecule has 4 rings (SSSR count). The van der Waals surface area contributed by atoms with Crippen molar-refractivity contribution in [1.82, 2.24) is 20.4 Å². The molecule has 0 saturated carbocycles. The lowest BCUT2D eigenvalue weighted by Crippen LogP contribution is -2.40. The first-order valence-electron chi connectivity index (χ1n) is 10.2. The number of nitrogens with zero attached hydrogens (tertiary/aromatic N) is 4. The van der Waals surface area contributed by atoms with Gasteiger partial charge in [0.15, 0.2) is 0 Å². The van der Waals surface area contributed by atoms with Crippen LogP contribution in [-0.4, -0.2) is 26.2 Å². The minimum Gasteiger partial charge on any atom is -0.350 e. The van der Waals surface area contributed by atoms with Crippen LogP contribution in [0.1, 0.15) is 5.56 Å². The summed E-state index contributed by atoms with van der Waals surface area (Å²) in [5, 5.41) is 12.9. The normalized spacial score (nSPS) is 10.3. The van der Waals surface area contributed by atoms with Crippen LogP contribution in [-0.2, 0) is 6.54 Å². The number of aromatic nitrogens is 3. The van der Waals surface area contributed by atoms with Gasteiger partial charge in [0.05, 0.1) is 11.4 Å². The van der Waals surface area contributed by atoms with Crippen molar-refractivity contribution in [2.75, 3.05) is 21.1 Å². The molecule has 3 aromatic carbocycles. The fourth-order valence-electron chi connectivity index (χ4n) is 3.09. The first-order valence-corrected chi connectivity index (χ1v) is 10.6. The number of hydrazine groups is 1. The number of rotatable bonds is 8. The second-order valence-corrected chi connectivity index (χ2v) is 7.40. The van der Waals surface area contributed by atoms with Crippen molar-refractivity contribution in [3.63, 3.8) is 0 Å². The van der Waals surface area contributed by atoms with E-state index in [4.69, 9.17) is 11.6 Å². The number of hydrogen-bond donors (Lipinski definition) is 5. The van der Waals surface area contributed by atoms with Gasteiger partial charge in [-0.3, -0.25) is 15.5 Å². The molecule has 0 aliphatic rings. The highest BCUT2D eigenvalue weighted by Crippen LogP contribution is 2.25. The van der Waals surface area contributed by atoms with Crippen LogP contribution in [0.5, 0.6) is 0 Å². The first kappa shape index (κ1) is 22.8. The third kappa shape index (κ3) is 5.88. The topological polar surface area (TPSA) is 127 Å². The SMILES string of the molecule is O=C(NNc1nc(NO)nc(NCc2cccc(Cl)c2)n1)N(c1ccccc1)c1ccccc1. The number of benzene rings is 3. The summed E-state index contributed by atoms with van der Waals surface area (Å²) < 4.78 is 0. The summed E-state index contributed by atoms with van der Waals surface area (Å²) in [5.74, 6) is 0.0733. The molecule has 0 atom stereocenters. The number of carbonyl (C=O) groups excluding carboxylic acids is 1. The minimum absolute atomic E-state index is 0.00886. The highest BCUT2D eigenvalue weighted by atomic mass is 35.5. The summed E-state index contributed by atoms with van der Waals surface area (Å²) in [6, 6.07) is 25.2. The van der Waals surface area contributed by atoms with Crippen LogP contribution >= 0.6 is 11.6 Å². The zero-order chi connectivity index (χ0) is 23.8. The molecule has 0 aliphatic carbocycles. The van der Waals surface area contributed by atoms with Crippen LogP contribution in [0.25, 0.3) is 0 Å². The summed E-state index contributed by atoms with van der Waals surface area (Å²) in [6.45, 7) is 0.386. The van der Waals surface area contributed by atoms with Crippen molar-refractivity contribution in [3.8, 4) is 0 Å². The Balaban J connectivity index is 1.49. The van der Waals surface area contributed by atoms with E-state index < -0.39 is 6.03 Å². The van der Waals surface area contributed by atoms with E-state index in [0.717, 1.165) is 5.56 Å². The van der Waals surface area contributed by atoms with Gasteiger partial charge in [-0.15, -0.1) is 0 Å². The Labute approximate surface area is 200 Å². The molecular weight excluding hydrogens is 456 g/mol. The molecule has 5 N–H and O–H groups in total. The Morgan fingerprint density at radius 1 is 0.824 bits per heavy atom. The van der Waals surface area contributed by atoms with Crippen molar-refractivity contribution < 1.29 is 10.0 Å². The molecule has 0 unspecified atom stereocenters. The monoisotopic (exact) mass is 476 g/mol. The number of carbonyl (C=O) groups is 1. The van der Waals surface area contributed by atoms with Gasteiger partial charge in [-0.1, -0.05) is 60.1 Å². The lowest BCUT2D eigenvalue weighted by molar-refractivity contribution is 0.250. The van der Waals surface area contributed by atoms with E-state index >= 15 is 0 Å². The number of nitrogens with one attached hydrogen (secondary N) is 4. The van der Waals surface area contributed by atoms with E-state index in [-0.39, 0.29) is 17.8 Å². The summed E-state index contributed by atoms with van der Waals surface area (Å²) in [7, 11) is 0. The lowest BCUT2D eigenvalue weighted by Gasteiger charge is -2.23. The largest absolute Gasteiger partial charge is 0.350 e. The lowest BCUT2D eigenvalue weighted by atomic mass is 10.2. The van der Waals surface area contributed by atoms with Gasteiger partial charge in [-0.2, -0.15) is 15.0 Å². The second-order valence-electron chi connectivity index (χ2n) is 6.96. The van der Waals surface area contributed by atoms with Gasteiger partial charge in [0, 0.05) is 11.6 Å². The quantitative estimate of drug-likeness (QED) is 0.229. The fourth-order valence-corrected chi connectivity index (χ4v) is 3.30. The second kappa shape index (κ2) is 10.9. The maximum Gasteiger partial charge on any atom is 0.345 e. The molecule has 11 heteroatoms. The van der Waals surface area contributed by atoms with Crippen molar-refractivity contribution in [3.05, 3.63) is 95.5 Å². The van der Waals surface area contributed by atoms with E-state index in [1.54, 1.807) is 6.07 Å². The number of para-hydroxylation sites is 2. The average Bonchev–Trinajstić information content (AvgIpc) is 2.87. The first-order chi connectivity index (χ1) is 16.6. The molecule has 0 aliphatic heterocycles. The summed E-state index contributed by atoms with van der Waals surface area (Å²) >= 11 is 6.02. The fraction of sp³-hybridized carbons (Fsp3) is 0.0435. The molecule has 34 heavy (non-hydrogen) atoms. The zero-order valence-electron chi connectivity index (χ0n) is 17.8. The molecule has 0 bridgehead atoms. The summed E-state index contributed by atoms with van der Waals surface area (Å²) in [6.07, 6.45) is 0. The Hall–Kier alpha value is -4.41. The van der Waals surface area contributed by atoms with E-state index in [1.807, 2.05) is 84.3 Å². The van der Waals surface area contributed by atoms with E-state index in [2.05, 4.69) is 31.1 Å². The van der Waals surface area contributed by atoms with Crippen molar-refractivity contribution in [1.29, 1.82) is 0 Å². The van der Waals surface area contributed by atoms with E-state index in [9.17, 15) is 10.0 Å². The Morgan fingerprint density at radius 2 is 1.44 bits per heavy atom. The van der Waals surface area contributed by atoms with Gasteiger partial charge in [0.1, 0.15) is 0 Å². The minimum atomic E-state index is -0.468. The number of anilines is 5. The van der Waals surface area contributed by atoms with Crippen molar-refractivity contribution in [2.45, 2.75) is 6.54 Å². The van der Waals surface area contributed by atoms with Crippen LogP contribution in [0.4, 0.5) is 34.0 Å². The molecule has 10 nitrogen and oxygen atoms in total. The molecule has 0 saturated heterocycles. The maximum absolute atomic E-state index is 13.1. The predicted molar refractivity (Wildman–Crippen MR) is 131 cm³/mol. The Morgan fingerprint density at radius 3 is 2.06 bits per heavy atom. The summed E-state index contributed by atoms with van der Waals surface area (Å²) in [4.78, 5) is 26.9. The van der Waals surface area contributed by atoms with E-state index in [1.165, 1.54) is 4.90 Å². The van der Waals surface area contributed by atoms with Gasteiger partial charge in [-0.05, 0) is 42.0 Å². The van der Waals surface area contributed by atoms with Crippen LogP contribution in [0, 0.1) is 0 Å². The van der Waals surface area contributed by atoms with Gasteiger partial charge < -0.3 is 5.32 Å². The number of halogens is 1. The smallest absolute Gasteiger partial charge is 0.345 e. The van der Waals surface area contributed by atoms with Crippen molar-refractivity contribution >= 4 is 46.9 Å². The molecular formula is C23H21ClN8O2. The van der Waals surface area contributed by atoms with Crippen LogP contribution in [0.2, 0.25) is 5.02 Å². The average molecular weight is 477 g/mol. The van der Waals surface area contributed by atoms with Gasteiger partial charge in [0.2, 0.25) is 11.9 Å². The molecule has 0 fully saturated rings. The molecule has 2 amide bonds. The molecule has 1 aromatic heterocycles. The third-order valence-electron chi connectivity index (χ3n) is 4.59. The van der Waals surface area contributed by atoms with Gasteiger partial charge >= 0.3 is 6.03 Å². The molecule has 1 heterocycles. The van der Waals surface area contributed by atoms with Gasteiger partial charge in [-0.25, -0.2) is 15.7 Å². The van der Waals surface area contributed by atoms with Crippen LogP contribution in [0.15, 0.2) is 84.9 Å². The Bertz CT molecular complexity index is 1200. The molecule has 0 radical (unpaired) electrons. The number of hydrogen-bond acceptors (Lipinski definition) is 8. The summed E-state index contributed by atoms with van der Waals surface area (Å²) in [5.41, 5.74) is 9.40. The number of amides is 2. The zero-order valence-corrected chi connectivity index (χ0v) is 18.6.